The van der Waals surface area contributed by atoms with Crippen molar-refractivity contribution in [2.24, 2.45) is 11.1 Å². The Bertz CT molecular complexity index is 402. The Kier molecular flexibility index (Phi) is 3.69. The molecule has 0 bridgehead atoms. The third-order valence-electron chi connectivity index (χ3n) is 3.64. The molecule has 0 amide bonds. The van der Waals surface area contributed by atoms with Gasteiger partial charge in [0.15, 0.2) is 0 Å². The summed E-state index contributed by atoms with van der Waals surface area (Å²) in [5, 5.41) is 0.0983. The molecule has 0 saturated heterocycles. The summed E-state index contributed by atoms with van der Waals surface area (Å²) < 4.78 is 12.5. The highest BCUT2D eigenvalue weighted by Crippen LogP contribution is 2.37. The van der Waals surface area contributed by atoms with Crippen molar-refractivity contribution in [2.75, 3.05) is 0 Å². The maximum atomic E-state index is 12.5. The lowest BCUT2D eigenvalue weighted by Gasteiger charge is -2.38. The molecule has 3 atom stereocenters. The molecule has 0 radical (unpaired) electrons. The predicted octanol–water partition coefficient (Wildman–Crippen LogP) is 2.70. The highest BCUT2D eigenvalue weighted by molar-refractivity contribution is 7.85. The van der Waals surface area contributed by atoms with Gasteiger partial charge in [0.05, 0.1) is 16.0 Å². The Balaban J connectivity index is 2.18. The lowest BCUT2D eigenvalue weighted by Crippen LogP contribution is -2.45. The molecule has 2 rings (SSSR count). The Morgan fingerprint density at radius 2 is 1.94 bits per heavy atom. The first-order valence-electron chi connectivity index (χ1n) is 6.21. The molecule has 2 N–H and O–H groups in total. The van der Waals surface area contributed by atoms with E-state index in [0.29, 0.717) is 0 Å². The molecule has 1 aromatic rings. The highest BCUT2D eigenvalue weighted by Gasteiger charge is 2.36. The van der Waals surface area contributed by atoms with Gasteiger partial charge in [-0.05, 0) is 36.8 Å². The summed E-state index contributed by atoms with van der Waals surface area (Å²) in [4.78, 5) is 0.908. The highest BCUT2D eigenvalue weighted by atomic mass is 32.2. The van der Waals surface area contributed by atoms with E-state index in [1.807, 2.05) is 30.3 Å². The normalized spacial score (nSPS) is 29.8. The zero-order valence-electron chi connectivity index (χ0n) is 10.6. The Hall–Kier alpha value is -0.670. The average Bonchev–Trinajstić information content (AvgIpc) is 2.33. The van der Waals surface area contributed by atoms with Crippen molar-refractivity contribution in [3.8, 4) is 0 Å². The van der Waals surface area contributed by atoms with Crippen LogP contribution in [0.2, 0.25) is 0 Å². The fourth-order valence-electron chi connectivity index (χ4n) is 2.51. The van der Waals surface area contributed by atoms with Crippen LogP contribution in [0.15, 0.2) is 35.2 Å². The average molecular weight is 251 g/mol. The summed E-state index contributed by atoms with van der Waals surface area (Å²) in [7, 11) is -0.972. The van der Waals surface area contributed by atoms with Crippen molar-refractivity contribution in [1.29, 1.82) is 0 Å². The van der Waals surface area contributed by atoms with Crippen molar-refractivity contribution >= 4 is 10.8 Å². The van der Waals surface area contributed by atoms with Gasteiger partial charge in [-0.15, -0.1) is 0 Å². The van der Waals surface area contributed by atoms with Gasteiger partial charge in [0, 0.05) is 10.9 Å². The number of hydrogen-bond acceptors (Lipinski definition) is 2. The van der Waals surface area contributed by atoms with E-state index in [4.69, 9.17) is 5.73 Å². The maximum Gasteiger partial charge on any atom is 0.0576 e. The van der Waals surface area contributed by atoms with Gasteiger partial charge in [-0.2, -0.15) is 0 Å². The van der Waals surface area contributed by atoms with Crippen LogP contribution >= 0.6 is 0 Å². The first kappa shape index (κ1) is 12.8. The van der Waals surface area contributed by atoms with Gasteiger partial charge in [0.1, 0.15) is 0 Å². The zero-order valence-corrected chi connectivity index (χ0v) is 11.4. The van der Waals surface area contributed by atoms with Crippen molar-refractivity contribution in [3.63, 3.8) is 0 Å². The molecular formula is C14H21NOS. The molecule has 3 heteroatoms. The third kappa shape index (κ3) is 2.96. The second kappa shape index (κ2) is 4.91. The molecule has 0 aromatic heterocycles. The topological polar surface area (TPSA) is 43.1 Å². The summed E-state index contributed by atoms with van der Waals surface area (Å²) in [6.45, 7) is 4.49. The van der Waals surface area contributed by atoms with Crippen molar-refractivity contribution in [1.82, 2.24) is 0 Å². The van der Waals surface area contributed by atoms with E-state index in [0.717, 1.165) is 24.2 Å². The van der Waals surface area contributed by atoms with Gasteiger partial charge < -0.3 is 5.73 Å². The molecule has 1 saturated carbocycles. The first-order chi connectivity index (χ1) is 7.99. The maximum absolute atomic E-state index is 12.5. The van der Waals surface area contributed by atoms with E-state index in [-0.39, 0.29) is 16.7 Å². The Morgan fingerprint density at radius 3 is 2.59 bits per heavy atom. The lowest BCUT2D eigenvalue weighted by atomic mass is 9.75. The number of rotatable bonds is 2. The van der Waals surface area contributed by atoms with Crippen molar-refractivity contribution in [3.05, 3.63) is 30.3 Å². The monoisotopic (exact) mass is 251 g/mol. The minimum atomic E-state index is -0.972. The van der Waals surface area contributed by atoms with Crippen LogP contribution in [-0.4, -0.2) is 15.5 Å². The van der Waals surface area contributed by atoms with Gasteiger partial charge >= 0.3 is 0 Å². The Morgan fingerprint density at radius 1 is 1.29 bits per heavy atom. The van der Waals surface area contributed by atoms with E-state index in [1.165, 1.54) is 0 Å². The quantitative estimate of drug-likeness (QED) is 0.878. The molecular weight excluding hydrogens is 230 g/mol. The fourth-order valence-corrected chi connectivity index (χ4v) is 4.34. The zero-order chi connectivity index (χ0) is 12.5. The molecule has 2 nitrogen and oxygen atoms in total. The SMILES string of the molecule is CC1(C)CCC(N)C(S(=O)c2ccccc2)C1. The van der Waals surface area contributed by atoms with Gasteiger partial charge in [0.2, 0.25) is 0 Å². The number of nitrogens with two attached hydrogens (primary N) is 1. The molecule has 0 heterocycles. The van der Waals surface area contributed by atoms with Crippen LogP contribution in [0.4, 0.5) is 0 Å². The van der Waals surface area contributed by atoms with Crippen LogP contribution in [0, 0.1) is 5.41 Å². The van der Waals surface area contributed by atoms with Gasteiger partial charge in [-0.25, -0.2) is 0 Å². The van der Waals surface area contributed by atoms with E-state index in [1.54, 1.807) is 0 Å². The largest absolute Gasteiger partial charge is 0.327 e. The summed E-state index contributed by atoms with van der Waals surface area (Å²) in [5.74, 6) is 0. The van der Waals surface area contributed by atoms with E-state index in [9.17, 15) is 4.21 Å². The standard InChI is InChI=1S/C14H21NOS/c1-14(2)9-8-12(15)13(10-14)17(16)11-6-4-3-5-7-11/h3-7,12-13H,8-10,15H2,1-2H3. The van der Waals surface area contributed by atoms with Gasteiger partial charge in [-0.1, -0.05) is 32.0 Å². The molecule has 1 fully saturated rings. The molecule has 3 unspecified atom stereocenters. The smallest absolute Gasteiger partial charge is 0.0576 e. The summed E-state index contributed by atoms with van der Waals surface area (Å²) in [6.07, 6.45) is 3.07. The first-order valence-corrected chi connectivity index (χ1v) is 7.42. The van der Waals surface area contributed by atoms with Crippen molar-refractivity contribution in [2.45, 2.75) is 49.3 Å². The third-order valence-corrected chi connectivity index (χ3v) is 5.44. The summed E-state index contributed by atoms with van der Waals surface area (Å²) in [6, 6.07) is 9.77. The summed E-state index contributed by atoms with van der Waals surface area (Å²) in [5.41, 5.74) is 6.41. The predicted molar refractivity (Wildman–Crippen MR) is 72.2 cm³/mol. The minimum Gasteiger partial charge on any atom is -0.327 e. The second-order valence-corrected chi connectivity index (χ2v) is 7.39. The molecule has 0 spiro atoms. The van der Waals surface area contributed by atoms with E-state index >= 15 is 0 Å². The van der Waals surface area contributed by atoms with E-state index < -0.39 is 10.8 Å². The van der Waals surface area contributed by atoms with Crippen molar-refractivity contribution < 1.29 is 4.21 Å². The lowest BCUT2D eigenvalue weighted by molar-refractivity contribution is 0.230. The molecule has 1 aliphatic rings. The van der Waals surface area contributed by atoms with Crippen LogP contribution < -0.4 is 5.73 Å². The van der Waals surface area contributed by atoms with Crippen LogP contribution in [-0.2, 0) is 10.8 Å². The molecule has 17 heavy (non-hydrogen) atoms. The number of hydrogen-bond donors (Lipinski definition) is 1. The molecule has 94 valence electrons. The summed E-state index contributed by atoms with van der Waals surface area (Å²) >= 11 is 0. The van der Waals surface area contributed by atoms with Crippen LogP contribution in [0.1, 0.15) is 33.1 Å². The van der Waals surface area contributed by atoms with Crippen LogP contribution in [0.25, 0.3) is 0 Å². The number of benzene rings is 1. The fraction of sp³-hybridized carbons (Fsp3) is 0.571. The van der Waals surface area contributed by atoms with Crippen LogP contribution in [0.3, 0.4) is 0 Å². The second-order valence-electron chi connectivity index (χ2n) is 5.72. The van der Waals surface area contributed by atoms with Gasteiger partial charge in [-0.3, -0.25) is 4.21 Å². The Labute approximate surface area is 106 Å². The molecule has 1 aliphatic carbocycles. The molecule has 0 aliphatic heterocycles. The van der Waals surface area contributed by atoms with Gasteiger partial charge in [0.25, 0.3) is 0 Å². The van der Waals surface area contributed by atoms with E-state index in [2.05, 4.69) is 13.8 Å². The molecule has 1 aromatic carbocycles. The van der Waals surface area contributed by atoms with Crippen LogP contribution in [0.5, 0.6) is 0 Å². The minimum absolute atomic E-state index is 0.0732.